The Labute approximate surface area is 153 Å². The van der Waals surface area contributed by atoms with Gasteiger partial charge in [-0.25, -0.2) is 0 Å². The van der Waals surface area contributed by atoms with Crippen LogP contribution in [0.15, 0.2) is 41.5 Å². The molecule has 0 spiro atoms. The van der Waals surface area contributed by atoms with Crippen LogP contribution in [0.4, 0.5) is 5.69 Å². The molecule has 0 amide bonds. The summed E-state index contributed by atoms with van der Waals surface area (Å²) in [5.74, 6) is -0.686. The van der Waals surface area contributed by atoms with Crippen molar-refractivity contribution >= 4 is 17.4 Å². The molecule has 0 saturated heterocycles. The van der Waals surface area contributed by atoms with Gasteiger partial charge in [0.15, 0.2) is 0 Å². The van der Waals surface area contributed by atoms with Crippen LogP contribution in [0.3, 0.4) is 0 Å². The monoisotopic (exact) mass is 355 g/mol. The van der Waals surface area contributed by atoms with Crippen molar-refractivity contribution in [1.29, 1.82) is 0 Å². The quantitative estimate of drug-likeness (QED) is 0.772. The van der Waals surface area contributed by atoms with Crippen LogP contribution in [0.1, 0.15) is 45.2 Å². The molecule has 1 aromatic carbocycles. The lowest BCUT2D eigenvalue weighted by molar-refractivity contribution is -0.136. The molecule has 138 valence electrons. The van der Waals surface area contributed by atoms with Crippen molar-refractivity contribution in [3.05, 3.63) is 47.6 Å². The summed E-state index contributed by atoms with van der Waals surface area (Å²) in [6, 6.07) is 3.69. The van der Waals surface area contributed by atoms with Crippen LogP contribution >= 0.6 is 0 Å². The van der Waals surface area contributed by atoms with Crippen LogP contribution in [0.25, 0.3) is 0 Å². The largest absolute Gasteiger partial charge is 0.505 e. The maximum atomic E-state index is 11.0. The number of hydrazone groups is 1. The molecule has 0 radical (unpaired) electrons. The summed E-state index contributed by atoms with van der Waals surface area (Å²) in [4.78, 5) is 11.0. The minimum absolute atomic E-state index is 0.0406. The molecule has 0 fully saturated rings. The highest BCUT2D eigenvalue weighted by atomic mass is 16.4. The SMILES string of the molecule is CC12C=CC=CC1=NN(c1cc(CCC(=O)O)cc(C(C)(C)C)c1O)N2. The van der Waals surface area contributed by atoms with Gasteiger partial charge in [-0.1, -0.05) is 45.1 Å². The molecule has 0 saturated carbocycles. The molecule has 0 bridgehead atoms. The molecule has 1 aliphatic heterocycles. The number of carbonyl (C=O) groups is 1. The molecule has 0 aromatic heterocycles. The Morgan fingerprint density at radius 3 is 2.65 bits per heavy atom. The molecule has 1 atom stereocenters. The summed E-state index contributed by atoms with van der Waals surface area (Å²) in [5.41, 5.74) is 5.60. The van der Waals surface area contributed by atoms with E-state index in [1.165, 1.54) is 0 Å². The van der Waals surface area contributed by atoms with Crippen molar-refractivity contribution in [2.75, 3.05) is 5.12 Å². The number of phenols is 1. The first-order chi connectivity index (χ1) is 12.1. The van der Waals surface area contributed by atoms with Gasteiger partial charge in [-0.15, -0.1) is 0 Å². The zero-order valence-corrected chi connectivity index (χ0v) is 15.6. The second-order valence-electron chi connectivity index (χ2n) is 7.98. The highest BCUT2D eigenvalue weighted by Crippen LogP contribution is 2.40. The number of nitrogens with one attached hydrogen (secondary N) is 1. The van der Waals surface area contributed by atoms with Crippen molar-refractivity contribution < 1.29 is 15.0 Å². The number of rotatable bonds is 4. The van der Waals surface area contributed by atoms with E-state index in [2.05, 4.69) is 10.5 Å². The number of phenolic OH excluding ortho intramolecular Hbond substituents is 1. The van der Waals surface area contributed by atoms with Gasteiger partial charge in [-0.2, -0.15) is 15.6 Å². The topological polar surface area (TPSA) is 85.2 Å². The first kappa shape index (κ1) is 18.2. The molecule has 1 aliphatic carbocycles. The van der Waals surface area contributed by atoms with Gasteiger partial charge in [-0.3, -0.25) is 4.79 Å². The number of anilines is 1. The van der Waals surface area contributed by atoms with Gasteiger partial charge in [0.25, 0.3) is 0 Å². The molecule has 3 N–H and O–H groups in total. The van der Waals surface area contributed by atoms with Crippen LogP contribution in [0.5, 0.6) is 5.75 Å². The number of aliphatic carboxylic acids is 1. The number of aromatic hydroxyl groups is 1. The lowest BCUT2D eigenvalue weighted by atomic mass is 9.84. The fourth-order valence-corrected chi connectivity index (χ4v) is 3.16. The van der Waals surface area contributed by atoms with E-state index in [1.807, 2.05) is 58.1 Å². The number of allylic oxidation sites excluding steroid dienone is 2. The Morgan fingerprint density at radius 2 is 2.04 bits per heavy atom. The zero-order chi connectivity index (χ0) is 19.1. The Bertz CT molecular complexity index is 833. The number of fused-ring (bicyclic) bond motifs is 1. The number of aryl methyl sites for hydroxylation is 1. The van der Waals surface area contributed by atoms with E-state index >= 15 is 0 Å². The van der Waals surface area contributed by atoms with Gasteiger partial charge in [-0.05, 0) is 36.5 Å². The molecular formula is C20H25N3O3. The van der Waals surface area contributed by atoms with Gasteiger partial charge in [0, 0.05) is 12.0 Å². The minimum Gasteiger partial charge on any atom is -0.505 e. The predicted molar refractivity (Wildman–Crippen MR) is 102 cm³/mol. The van der Waals surface area contributed by atoms with Crippen LogP contribution < -0.4 is 10.5 Å². The average Bonchev–Trinajstić information content (AvgIpc) is 2.89. The van der Waals surface area contributed by atoms with E-state index in [4.69, 9.17) is 5.11 Å². The van der Waals surface area contributed by atoms with Gasteiger partial charge in [0.1, 0.15) is 11.4 Å². The van der Waals surface area contributed by atoms with E-state index in [1.54, 1.807) is 11.2 Å². The van der Waals surface area contributed by atoms with Crippen LogP contribution in [-0.2, 0) is 16.6 Å². The van der Waals surface area contributed by atoms with E-state index < -0.39 is 11.5 Å². The van der Waals surface area contributed by atoms with Gasteiger partial charge < -0.3 is 10.2 Å². The maximum absolute atomic E-state index is 11.0. The lowest BCUT2D eigenvalue weighted by Gasteiger charge is -2.28. The first-order valence-corrected chi connectivity index (χ1v) is 8.71. The summed E-state index contributed by atoms with van der Waals surface area (Å²) in [5, 5.41) is 26.1. The third kappa shape index (κ3) is 3.37. The molecule has 1 aromatic rings. The fraction of sp³-hybridized carbons (Fsp3) is 0.400. The highest BCUT2D eigenvalue weighted by Gasteiger charge is 2.37. The number of carboxylic acid groups (broad SMARTS) is 1. The number of hydrogen-bond acceptors (Lipinski definition) is 5. The van der Waals surface area contributed by atoms with Gasteiger partial charge in [0.2, 0.25) is 0 Å². The Balaban J connectivity index is 2.05. The summed E-state index contributed by atoms with van der Waals surface area (Å²) < 4.78 is 0. The maximum Gasteiger partial charge on any atom is 0.303 e. The molecule has 1 unspecified atom stereocenters. The van der Waals surface area contributed by atoms with Crippen molar-refractivity contribution in [3.63, 3.8) is 0 Å². The summed E-state index contributed by atoms with van der Waals surface area (Å²) in [6.07, 6.45) is 8.27. The fourth-order valence-electron chi connectivity index (χ4n) is 3.16. The van der Waals surface area contributed by atoms with Crippen molar-refractivity contribution in [3.8, 4) is 5.75 Å². The number of carboxylic acids is 1. The van der Waals surface area contributed by atoms with Crippen molar-refractivity contribution in [2.24, 2.45) is 5.10 Å². The van der Waals surface area contributed by atoms with Crippen molar-refractivity contribution in [1.82, 2.24) is 5.43 Å². The standard InChI is InChI=1S/C20H25N3O3/c1-19(2,3)14-11-13(8-9-17(24)25)12-15(18(14)26)23-21-16-7-5-6-10-20(16,4)22-23/h5-7,10-12,22,26H,8-9H2,1-4H3,(H,24,25). The van der Waals surface area contributed by atoms with Crippen molar-refractivity contribution in [2.45, 2.75) is 51.5 Å². The molecular weight excluding hydrogens is 330 g/mol. The lowest BCUT2D eigenvalue weighted by Crippen LogP contribution is -2.47. The second kappa shape index (κ2) is 6.29. The number of nitrogens with zero attached hydrogens (tertiary/aromatic N) is 2. The molecule has 26 heavy (non-hydrogen) atoms. The Kier molecular flexibility index (Phi) is 4.40. The minimum atomic E-state index is -0.842. The predicted octanol–water partition coefficient (Wildman–Crippen LogP) is 3.27. The molecule has 6 nitrogen and oxygen atoms in total. The first-order valence-electron chi connectivity index (χ1n) is 8.71. The second-order valence-corrected chi connectivity index (χ2v) is 7.98. The summed E-state index contributed by atoms with van der Waals surface area (Å²) in [7, 11) is 0. The third-order valence-corrected chi connectivity index (χ3v) is 4.69. The number of hydrogen-bond donors (Lipinski definition) is 3. The van der Waals surface area contributed by atoms with Crippen LogP contribution in [0, 0.1) is 0 Å². The molecule has 2 aliphatic rings. The van der Waals surface area contributed by atoms with E-state index in [9.17, 15) is 9.90 Å². The Hall–Kier alpha value is -2.60. The van der Waals surface area contributed by atoms with E-state index in [0.29, 0.717) is 12.1 Å². The third-order valence-electron chi connectivity index (χ3n) is 4.69. The van der Waals surface area contributed by atoms with Gasteiger partial charge >= 0.3 is 5.97 Å². The Morgan fingerprint density at radius 1 is 1.31 bits per heavy atom. The summed E-state index contributed by atoms with van der Waals surface area (Å²) in [6.45, 7) is 8.07. The van der Waals surface area contributed by atoms with E-state index in [-0.39, 0.29) is 17.6 Å². The van der Waals surface area contributed by atoms with Crippen LogP contribution in [0.2, 0.25) is 0 Å². The number of benzene rings is 1. The summed E-state index contributed by atoms with van der Waals surface area (Å²) >= 11 is 0. The molecule has 1 heterocycles. The van der Waals surface area contributed by atoms with E-state index in [0.717, 1.165) is 16.8 Å². The molecule has 3 rings (SSSR count). The highest BCUT2D eigenvalue weighted by molar-refractivity contribution is 6.07. The normalized spacial score (nSPS) is 21.7. The number of hydrazine groups is 1. The average molecular weight is 355 g/mol. The van der Waals surface area contributed by atoms with Crippen LogP contribution in [-0.4, -0.2) is 27.4 Å². The van der Waals surface area contributed by atoms with Gasteiger partial charge in [0.05, 0.1) is 11.3 Å². The smallest absolute Gasteiger partial charge is 0.303 e. The zero-order valence-electron chi connectivity index (χ0n) is 15.6. The molecule has 6 heteroatoms.